The molecule has 1 aliphatic rings. The number of thioether (sulfide) groups is 1. The Labute approximate surface area is 127 Å². The van der Waals surface area contributed by atoms with Gasteiger partial charge in [-0.2, -0.15) is 13.2 Å². The lowest BCUT2D eigenvalue weighted by Gasteiger charge is -2.13. The highest BCUT2D eigenvalue weighted by Crippen LogP contribution is 2.35. The Morgan fingerprint density at radius 1 is 1.29 bits per heavy atom. The van der Waals surface area contributed by atoms with Gasteiger partial charge >= 0.3 is 6.18 Å². The predicted molar refractivity (Wildman–Crippen MR) is 80.7 cm³/mol. The van der Waals surface area contributed by atoms with Crippen molar-refractivity contribution in [1.29, 1.82) is 0 Å². The lowest BCUT2D eigenvalue weighted by atomic mass is 10.1. The molecule has 21 heavy (non-hydrogen) atoms. The number of nitrogens with one attached hydrogen (secondary N) is 1. The number of nitrogens with zero attached hydrogens (tertiary/aromatic N) is 1. The van der Waals surface area contributed by atoms with Crippen molar-refractivity contribution < 1.29 is 13.2 Å². The second-order valence-corrected chi connectivity index (χ2v) is 6.51. The van der Waals surface area contributed by atoms with Gasteiger partial charge in [-0.05, 0) is 37.3 Å². The molecule has 6 heteroatoms. The van der Waals surface area contributed by atoms with Crippen LogP contribution in [-0.2, 0) is 6.18 Å². The number of rotatable bonds is 6. The quantitative estimate of drug-likeness (QED) is 0.729. The third-order valence-corrected chi connectivity index (χ3v) is 4.77. The largest absolute Gasteiger partial charge is 0.416 e. The summed E-state index contributed by atoms with van der Waals surface area (Å²) in [7, 11) is 0. The van der Waals surface area contributed by atoms with Gasteiger partial charge in [0.25, 0.3) is 0 Å². The van der Waals surface area contributed by atoms with Gasteiger partial charge in [0.1, 0.15) is 5.82 Å². The van der Waals surface area contributed by atoms with E-state index in [0.717, 1.165) is 24.3 Å². The lowest BCUT2D eigenvalue weighted by Crippen LogP contribution is -2.09. The highest BCUT2D eigenvalue weighted by Gasteiger charge is 2.31. The predicted octanol–water partition coefficient (Wildman–Crippen LogP) is 5.20. The summed E-state index contributed by atoms with van der Waals surface area (Å²) in [6.07, 6.45) is 1.38. The van der Waals surface area contributed by atoms with Crippen LogP contribution in [0.2, 0.25) is 0 Å². The van der Waals surface area contributed by atoms with E-state index in [1.165, 1.54) is 37.4 Å². The van der Waals surface area contributed by atoms with Gasteiger partial charge in [0.05, 0.1) is 10.6 Å². The molecule has 1 N–H and O–H groups in total. The van der Waals surface area contributed by atoms with E-state index in [0.29, 0.717) is 23.3 Å². The van der Waals surface area contributed by atoms with E-state index in [2.05, 4.69) is 10.3 Å². The summed E-state index contributed by atoms with van der Waals surface area (Å²) in [5.74, 6) is 1.81. The molecule has 0 spiro atoms. The zero-order valence-corrected chi connectivity index (χ0v) is 13.0. The third-order valence-electron chi connectivity index (χ3n) is 3.63. The molecule has 1 saturated carbocycles. The summed E-state index contributed by atoms with van der Waals surface area (Å²) in [6.45, 7) is 2.59. The SMILES string of the molecule is CCCNc1cc(C(F)(F)F)cc(SCC2CCCC2)n1. The number of halogens is 3. The van der Waals surface area contributed by atoms with Crippen LogP contribution in [0.1, 0.15) is 44.6 Å². The van der Waals surface area contributed by atoms with Gasteiger partial charge in [0, 0.05) is 12.3 Å². The number of anilines is 1. The molecular weight excluding hydrogens is 297 g/mol. The van der Waals surface area contributed by atoms with E-state index in [1.54, 1.807) is 0 Å². The molecular formula is C15H21F3N2S. The summed E-state index contributed by atoms with van der Waals surface area (Å²) >= 11 is 1.44. The van der Waals surface area contributed by atoms with Crippen LogP contribution in [0, 0.1) is 5.92 Å². The van der Waals surface area contributed by atoms with Crippen molar-refractivity contribution >= 4 is 17.6 Å². The summed E-state index contributed by atoms with van der Waals surface area (Å²) in [4.78, 5) is 4.30. The molecule has 2 nitrogen and oxygen atoms in total. The second-order valence-electron chi connectivity index (χ2n) is 5.47. The fourth-order valence-corrected chi connectivity index (χ4v) is 3.58. The Kier molecular flexibility index (Phi) is 5.79. The standard InChI is InChI=1S/C15H21F3N2S/c1-2-7-19-13-8-12(15(16,17)18)9-14(20-13)21-10-11-5-3-4-6-11/h8-9,11H,2-7,10H2,1H3,(H,19,20). The van der Waals surface area contributed by atoms with Crippen molar-refractivity contribution in [2.45, 2.75) is 50.2 Å². The van der Waals surface area contributed by atoms with Crippen LogP contribution in [0.3, 0.4) is 0 Å². The van der Waals surface area contributed by atoms with Gasteiger partial charge in [0.2, 0.25) is 0 Å². The number of aromatic nitrogens is 1. The minimum atomic E-state index is -4.33. The molecule has 0 aromatic carbocycles. The van der Waals surface area contributed by atoms with Crippen LogP contribution in [0.15, 0.2) is 17.2 Å². The zero-order chi connectivity index (χ0) is 15.3. The normalized spacial score (nSPS) is 16.4. The minimum Gasteiger partial charge on any atom is -0.370 e. The smallest absolute Gasteiger partial charge is 0.370 e. The van der Waals surface area contributed by atoms with Gasteiger partial charge < -0.3 is 5.32 Å². The number of hydrogen-bond donors (Lipinski definition) is 1. The Hall–Kier alpha value is -0.910. The van der Waals surface area contributed by atoms with Crippen LogP contribution < -0.4 is 5.32 Å². The van der Waals surface area contributed by atoms with E-state index in [1.807, 2.05) is 6.92 Å². The average molecular weight is 318 g/mol. The maximum Gasteiger partial charge on any atom is 0.416 e. The first-order chi connectivity index (χ1) is 9.99. The Bertz CT molecular complexity index is 457. The molecule has 0 saturated heterocycles. The molecule has 118 valence electrons. The topological polar surface area (TPSA) is 24.9 Å². The van der Waals surface area contributed by atoms with Crippen molar-refractivity contribution in [2.75, 3.05) is 17.6 Å². The van der Waals surface area contributed by atoms with E-state index < -0.39 is 11.7 Å². The fraction of sp³-hybridized carbons (Fsp3) is 0.667. The molecule has 0 atom stereocenters. The number of hydrogen-bond acceptors (Lipinski definition) is 3. The first-order valence-corrected chi connectivity index (χ1v) is 8.43. The van der Waals surface area contributed by atoms with Gasteiger partial charge in [0.15, 0.2) is 0 Å². The van der Waals surface area contributed by atoms with Crippen molar-refractivity contribution in [2.24, 2.45) is 5.92 Å². The molecule has 0 aliphatic heterocycles. The molecule has 1 fully saturated rings. The first-order valence-electron chi connectivity index (χ1n) is 7.45. The molecule has 0 bridgehead atoms. The van der Waals surface area contributed by atoms with Crippen LogP contribution in [-0.4, -0.2) is 17.3 Å². The second kappa shape index (κ2) is 7.38. The minimum absolute atomic E-state index is 0.320. The van der Waals surface area contributed by atoms with Crippen LogP contribution in [0.25, 0.3) is 0 Å². The van der Waals surface area contributed by atoms with E-state index in [-0.39, 0.29) is 0 Å². The average Bonchev–Trinajstić information content (AvgIpc) is 2.95. The van der Waals surface area contributed by atoms with Gasteiger partial charge in [-0.3, -0.25) is 0 Å². The summed E-state index contributed by atoms with van der Waals surface area (Å²) in [6, 6.07) is 2.26. The summed E-state index contributed by atoms with van der Waals surface area (Å²) in [5.41, 5.74) is -0.620. The van der Waals surface area contributed by atoms with Crippen molar-refractivity contribution in [1.82, 2.24) is 4.98 Å². The molecule has 0 unspecified atom stereocenters. The van der Waals surface area contributed by atoms with Crippen molar-refractivity contribution in [3.8, 4) is 0 Å². The monoisotopic (exact) mass is 318 g/mol. The summed E-state index contributed by atoms with van der Waals surface area (Å²) in [5, 5.41) is 3.42. The lowest BCUT2D eigenvalue weighted by molar-refractivity contribution is -0.137. The molecule has 1 aliphatic carbocycles. The maximum absolute atomic E-state index is 12.9. The molecule has 0 amide bonds. The van der Waals surface area contributed by atoms with E-state index in [9.17, 15) is 13.2 Å². The molecule has 2 rings (SSSR count). The Morgan fingerprint density at radius 2 is 2.00 bits per heavy atom. The van der Waals surface area contributed by atoms with E-state index >= 15 is 0 Å². The maximum atomic E-state index is 12.9. The van der Waals surface area contributed by atoms with Crippen LogP contribution >= 0.6 is 11.8 Å². The van der Waals surface area contributed by atoms with E-state index in [4.69, 9.17) is 0 Å². The van der Waals surface area contributed by atoms with Crippen LogP contribution in [0.5, 0.6) is 0 Å². The number of pyridine rings is 1. The van der Waals surface area contributed by atoms with Gasteiger partial charge in [-0.15, -0.1) is 11.8 Å². The Balaban J connectivity index is 2.09. The third kappa shape index (κ3) is 5.09. The molecule has 0 radical (unpaired) electrons. The van der Waals surface area contributed by atoms with Crippen molar-refractivity contribution in [3.05, 3.63) is 17.7 Å². The molecule has 1 aromatic heterocycles. The van der Waals surface area contributed by atoms with Gasteiger partial charge in [-0.1, -0.05) is 19.8 Å². The highest BCUT2D eigenvalue weighted by atomic mass is 32.2. The first kappa shape index (κ1) is 16.5. The fourth-order valence-electron chi connectivity index (χ4n) is 2.47. The number of alkyl halides is 3. The zero-order valence-electron chi connectivity index (χ0n) is 12.2. The Morgan fingerprint density at radius 3 is 2.62 bits per heavy atom. The molecule has 1 aromatic rings. The molecule has 1 heterocycles. The van der Waals surface area contributed by atoms with Crippen LogP contribution in [0.4, 0.5) is 19.0 Å². The highest BCUT2D eigenvalue weighted by molar-refractivity contribution is 7.99. The van der Waals surface area contributed by atoms with Crippen molar-refractivity contribution in [3.63, 3.8) is 0 Å². The summed E-state index contributed by atoms with van der Waals surface area (Å²) < 4.78 is 38.8. The van der Waals surface area contributed by atoms with Gasteiger partial charge in [-0.25, -0.2) is 4.98 Å².